The summed E-state index contributed by atoms with van der Waals surface area (Å²) in [5.41, 5.74) is 0. The maximum Gasteiger partial charge on any atom is 0.416 e. The first-order chi connectivity index (χ1) is 16.7. The zero-order valence-corrected chi connectivity index (χ0v) is 27.1. The van der Waals surface area contributed by atoms with Crippen molar-refractivity contribution in [3.63, 3.8) is 0 Å². The van der Waals surface area contributed by atoms with E-state index in [9.17, 15) is 48.4 Å². The Bertz CT molecular complexity index is 561. The van der Waals surface area contributed by atoms with Crippen LogP contribution in [0.1, 0.15) is 6.42 Å². The van der Waals surface area contributed by atoms with Crippen LogP contribution in [-0.4, -0.2) is 79.8 Å². The van der Waals surface area contributed by atoms with Crippen LogP contribution in [0.3, 0.4) is 0 Å². The van der Waals surface area contributed by atoms with Crippen LogP contribution in [0.4, 0.5) is 48.4 Å². The van der Waals surface area contributed by atoms with Gasteiger partial charge < -0.3 is 17.1 Å². The number of halogens is 11. The fourth-order valence-electron chi connectivity index (χ4n) is 2.66. The average Bonchev–Trinajstić information content (AvgIpc) is 2.61. The van der Waals surface area contributed by atoms with Crippen molar-refractivity contribution in [1.82, 2.24) is 0 Å². The average molecular weight is 659 g/mol. The minimum absolute atomic E-state index is 0.411. The summed E-state index contributed by atoms with van der Waals surface area (Å²) < 4.78 is 139. The largest absolute Gasteiger partial charge is 0.437 e. The summed E-state index contributed by atoms with van der Waals surface area (Å²) >= 11 is 0. The molecular weight excluding hydrogens is 618 g/mol. The van der Waals surface area contributed by atoms with Gasteiger partial charge in [-0.2, -0.15) is 31.3 Å². The molecule has 0 aliphatic carbocycles. The molecule has 0 aromatic carbocycles. The minimum atomic E-state index is -4.62. The third kappa shape index (κ3) is 43.0. The maximum atomic E-state index is 12.1. The zero-order chi connectivity index (χ0) is 31.5. The summed E-state index contributed by atoms with van der Waals surface area (Å²) in [6.07, 6.45) is -8.41. The van der Waals surface area contributed by atoms with Crippen LogP contribution in [0, 0.1) is 0 Å². The van der Waals surface area contributed by atoms with E-state index in [0.29, 0.717) is 6.61 Å². The molecule has 0 fully saturated rings. The molecule has 0 bridgehead atoms. The first-order valence-electron chi connectivity index (χ1n) is 11.0. The monoisotopic (exact) mass is 658 g/mol. The molecule has 5 nitrogen and oxygen atoms in total. The Morgan fingerprint density at radius 3 is 1.26 bits per heavy atom. The zero-order valence-electron chi connectivity index (χ0n) is 23.1. The van der Waals surface area contributed by atoms with E-state index < -0.39 is 73.2 Å². The predicted octanol–water partition coefficient (Wildman–Crippen LogP) is 8.66. The molecule has 0 radical (unpaired) electrons. The number of alkyl halides is 10. The first-order valence-corrected chi connectivity index (χ1v) is 23.2. The van der Waals surface area contributed by atoms with Crippen LogP contribution in [0.2, 0.25) is 65.0 Å². The van der Waals surface area contributed by atoms with E-state index in [1.54, 1.807) is 0 Å². The second-order valence-electron chi connectivity index (χ2n) is 9.90. The Morgan fingerprint density at radius 2 is 1.03 bits per heavy atom. The van der Waals surface area contributed by atoms with E-state index >= 15 is 0 Å². The summed E-state index contributed by atoms with van der Waals surface area (Å²) in [6.45, 7) is 13.2. The molecule has 1 unspecified atom stereocenters. The van der Waals surface area contributed by atoms with Gasteiger partial charge >= 0.3 is 29.5 Å². The molecule has 0 N–H and O–H groups in total. The van der Waals surface area contributed by atoms with E-state index in [-0.39, 0.29) is 0 Å². The standard InChI is InChI=1S/C13H35FO4Si4.C2H2F4O.C2H2F4.CH2F2/c1-19(2,3)16-21(7,8)18-22(9,17-20(4,5)6)12-10-11-15-13-14;3-2(4,5)1-7-6;3-1-2(4,5)6;2-1-3/h10-13H2,1-9H3;1H2;1H2;1H2. The van der Waals surface area contributed by atoms with Gasteiger partial charge in [0.05, 0.1) is 0 Å². The molecule has 1 atom stereocenters. The number of ether oxygens (including phenoxy) is 1. The van der Waals surface area contributed by atoms with Crippen LogP contribution < -0.4 is 0 Å². The highest BCUT2D eigenvalue weighted by atomic mass is 28.5. The Hall–Kier alpha value is -0.102. The van der Waals surface area contributed by atoms with Gasteiger partial charge in [0.2, 0.25) is 6.93 Å². The molecule has 0 aromatic heterocycles. The smallest absolute Gasteiger partial charge is 0.416 e. The molecule has 0 amide bonds. The normalized spacial score (nSPS) is 14.2. The Balaban J connectivity index is -0.000000292. The highest BCUT2D eigenvalue weighted by Gasteiger charge is 2.44. The van der Waals surface area contributed by atoms with Gasteiger partial charge in [-0.15, -0.1) is 0 Å². The lowest BCUT2D eigenvalue weighted by Gasteiger charge is -2.41. The van der Waals surface area contributed by atoms with Crippen molar-refractivity contribution in [1.29, 1.82) is 0 Å². The van der Waals surface area contributed by atoms with Gasteiger partial charge in [-0.1, -0.05) is 0 Å². The molecule has 0 rings (SSSR count). The molecule has 0 aromatic rings. The van der Waals surface area contributed by atoms with Crippen LogP contribution >= 0.6 is 0 Å². The fourth-order valence-corrected chi connectivity index (χ4v) is 20.6. The first kappa shape index (κ1) is 44.9. The maximum absolute atomic E-state index is 12.1. The van der Waals surface area contributed by atoms with Gasteiger partial charge in [0.15, 0.2) is 36.8 Å². The lowest BCUT2D eigenvalue weighted by atomic mass is 10.5. The number of hydrogen-bond acceptors (Lipinski definition) is 5. The van der Waals surface area contributed by atoms with Crippen LogP contribution in [0.15, 0.2) is 0 Å². The quantitative estimate of drug-likeness (QED) is 0.119. The second-order valence-corrected chi connectivity index (χ2v) is 26.4. The molecule has 236 valence electrons. The molecule has 0 spiro atoms. The fraction of sp³-hybridized carbons (Fsp3) is 1.00. The third-order valence-electron chi connectivity index (χ3n) is 2.90. The van der Waals surface area contributed by atoms with Crippen molar-refractivity contribution in [3.05, 3.63) is 0 Å². The lowest BCUT2D eigenvalue weighted by Crippen LogP contribution is -2.56. The van der Waals surface area contributed by atoms with Gasteiger partial charge in [0, 0.05) is 6.61 Å². The van der Waals surface area contributed by atoms with Crippen LogP contribution in [0.5, 0.6) is 0 Å². The number of rotatable bonds is 12. The van der Waals surface area contributed by atoms with Gasteiger partial charge in [-0.3, -0.25) is 0 Å². The van der Waals surface area contributed by atoms with Gasteiger partial charge in [-0.05, 0) is 75.9 Å². The Labute approximate surface area is 222 Å². The lowest BCUT2D eigenvalue weighted by molar-refractivity contribution is -0.245. The van der Waals surface area contributed by atoms with Gasteiger partial charge in [-0.25, -0.2) is 17.6 Å². The highest BCUT2D eigenvalue weighted by molar-refractivity contribution is 6.89. The summed E-state index contributed by atoms with van der Waals surface area (Å²) in [7, 11) is -7.96. The van der Waals surface area contributed by atoms with Crippen molar-refractivity contribution in [2.24, 2.45) is 0 Å². The topological polar surface area (TPSA) is 46.2 Å². The number of hydrogen-bond donors (Lipinski definition) is 0. The summed E-state index contributed by atoms with van der Waals surface area (Å²) in [5, 5.41) is 0. The highest BCUT2D eigenvalue weighted by Crippen LogP contribution is 2.27. The van der Waals surface area contributed by atoms with Crippen molar-refractivity contribution in [2.45, 2.75) is 83.7 Å². The summed E-state index contributed by atoms with van der Waals surface area (Å²) in [6, 6.07) is 0.808. The van der Waals surface area contributed by atoms with E-state index in [2.05, 4.69) is 63.9 Å². The van der Waals surface area contributed by atoms with Crippen molar-refractivity contribution in [2.75, 3.05) is 33.7 Å². The molecule has 20 heteroatoms. The van der Waals surface area contributed by atoms with E-state index in [0.717, 1.165) is 12.5 Å². The van der Waals surface area contributed by atoms with E-state index in [4.69, 9.17) is 17.1 Å². The SMILES string of the molecule is C[Si](C)(C)O[Si](C)(C)O[Si](C)(CCCOCF)O[Si](C)(C)C.FCC(F)(F)F.FCF.FOCC(F)(F)F. The van der Waals surface area contributed by atoms with E-state index in [1.807, 2.05) is 0 Å². The van der Waals surface area contributed by atoms with Crippen molar-refractivity contribution in [3.8, 4) is 0 Å². The molecule has 38 heavy (non-hydrogen) atoms. The molecule has 0 saturated carbocycles. The summed E-state index contributed by atoms with van der Waals surface area (Å²) in [4.78, 5) is 2.28. The van der Waals surface area contributed by atoms with Crippen LogP contribution in [0.25, 0.3) is 0 Å². The molecule has 0 aliphatic rings. The Morgan fingerprint density at radius 1 is 0.632 bits per heavy atom. The second kappa shape index (κ2) is 20.7. The van der Waals surface area contributed by atoms with E-state index in [1.165, 1.54) is 0 Å². The van der Waals surface area contributed by atoms with Gasteiger partial charge in [0.25, 0.3) is 0 Å². The molecule has 0 aliphatic heterocycles. The summed E-state index contributed by atoms with van der Waals surface area (Å²) in [5.74, 6) is 0. The minimum Gasteiger partial charge on any atom is -0.437 e. The molecule has 0 saturated heterocycles. The molecule has 0 heterocycles. The van der Waals surface area contributed by atoms with Gasteiger partial charge in [0.1, 0.15) is 0 Å². The predicted molar refractivity (Wildman–Crippen MR) is 133 cm³/mol. The third-order valence-corrected chi connectivity index (χ3v) is 16.5. The Kier molecular flexibility index (Phi) is 24.5. The molecular formula is C18H41F11O5Si4. The van der Waals surface area contributed by atoms with Crippen molar-refractivity contribution >= 4 is 33.8 Å². The van der Waals surface area contributed by atoms with Crippen LogP contribution in [-0.2, 0) is 22.0 Å². The van der Waals surface area contributed by atoms with Crippen molar-refractivity contribution < 1.29 is 70.5 Å².